The molecule has 136 valence electrons. The van der Waals surface area contributed by atoms with E-state index >= 15 is 0 Å². The molecule has 0 spiro atoms. The van der Waals surface area contributed by atoms with Crippen molar-refractivity contribution in [3.05, 3.63) is 29.8 Å². The monoisotopic (exact) mass is 334 g/mol. The van der Waals surface area contributed by atoms with Crippen LogP contribution in [0.1, 0.15) is 52.0 Å². The molecule has 0 heterocycles. The zero-order chi connectivity index (χ0) is 17.9. The van der Waals surface area contributed by atoms with Crippen molar-refractivity contribution in [2.24, 2.45) is 5.92 Å². The van der Waals surface area contributed by atoms with Crippen molar-refractivity contribution in [2.45, 2.75) is 46.5 Å². The third kappa shape index (κ3) is 8.92. The summed E-state index contributed by atoms with van der Waals surface area (Å²) in [5.41, 5.74) is 1.33. The van der Waals surface area contributed by atoms with Gasteiger partial charge in [-0.25, -0.2) is 0 Å². The fourth-order valence-corrected chi connectivity index (χ4v) is 2.58. The summed E-state index contributed by atoms with van der Waals surface area (Å²) < 4.78 is 5.74. The number of benzene rings is 1. The smallest absolute Gasteiger partial charge is 0.234 e. The molecule has 0 aliphatic heterocycles. The van der Waals surface area contributed by atoms with Crippen LogP contribution in [0, 0.1) is 5.92 Å². The fourth-order valence-electron chi connectivity index (χ4n) is 2.58. The zero-order valence-electron chi connectivity index (χ0n) is 16.0. The average molecular weight is 335 g/mol. The van der Waals surface area contributed by atoms with Crippen LogP contribution in [0.2, 0.25) is 0 Å². The normalized spacial score (nSPS) is 11.3. The minimum absolute atomic E-state index is 0.100. The number of hydrogen-bond acceptors (Lipinski definition) is 3. The molecule has 0 radical (unpaired) electrons. The number of nitrogens with one attached hydrogen (secondary N) is 1. The van der Waals surface area contributed by atoms with Crippen molar-refractivity contribution in [1.29, 1.82) is 0 Å². The lowest BCUT2D eigenvalue weighted by atomic mass is 10.0. The van der Waals surface area contributed by atoms with Crippen LogP contribution >= 0.6 is 0 Å². The summed E-state index contributed by atoms with van der Waals surface area (Å²) >= 11 is 0. The molecule has 1 aromatic rings. The number of carbonyl (C=O) groups is 1. The first kappa shape index (κ1) is 20.5. The maximum absolute atomic E-state index is 11.8. The molecule has 1 N–H and O–H groups in total. The van der Waals surface area contributed by atoms with Crippen LogP contribution in [-0.2, 0) is 4.79 Å². The first-order valence-electron chi connectivity index (χ1n) is 9.06. The van der Waals surface area contributed by atoms with Gasteiger partial charge in [-0.3, -0.25) is 9.69 Å². The van der Waals surface area contributed by atoms with Gasteiger partial charge in [0.25, 0.3) is 0 Å². The third-order valence-electron chi connectivity index (χ3n) is 3.80. The Balaban J connectivity index is 2.08. The van der Waals surface area contributed by atoms with Gasteiger partial charge in [0, 0.05) is 13.1 Å². The molecule has 0 saturated carbocycles. The van der Waals surface area contributed by atoms with E-state index < -0.39 is 0 Å². The van der Waals surface area contributed by atoms with Crippen molar-refractivity contribution in [3.8, 4) is 5.75 Å². The SMILES string of the molecule is CC(C)CN(C)CC(=O)NCCCCOc1ccc(C(C)C)cc1. The Labute approximate surface area is 147 Å². The van der Waals surface area contributed by atoms with Crippen LogP contribution in [0.5, 0.6) is 5.75 Å². The highest BCUT2D eigenvalue weighted by molar-refractivity contribution is 5.77. The van der Waals surface area contributed by atoms with Crippen LogP contribution in [0.3, 0.4) is 0 Å². The molecule has 4 nitrogen and oxygen atoms in total. The molecule has 0 unspecified atom stereocenters. The second-order valence-electron chi connectivity index (χ2n) is 7.22. The van der Waals surface area contributed by atoms with Crippen LogP contribution in [-0.4, -0.2) is 44.1 Å². The number of rotatable bonds is 11. The number of nitrogens with zero attached hydrogens (tertiary/aromatic N) is 1. The Morgan fingerprint density at radius 1 is 1.12 bits per heavy atom. The molecule has 0 aromatic heterocycles. The molecule has 1 aromatic carbocycles. The minimum atomic E-state index is 0.100. The molecular formula is C20H34N2O2. The van der Waals surface area contributed by atoms with Gasteiger partial charge in [-0.15, -0.1) is 0 Å². The highest BCUT2D eigenvalue weighted by Crippen LogP contribution is 2.18. The van der Waals surface area contributed by atoms with Gasteiger partial charge in [-0.1, -0.05) is 39.8 Å². The van der Waals surface area contributed by atoms with Gasteiger partial charge in [0.2, 0.25) is 5.91 Å². The second-order valence-corrected chi connectivity index (χ2v) is 7.22. The van der Waals surface area contributed by atoms with Crippen LogP contribution in [0.4, 0.5) is 0 Å². The van der Waals surface area contributed by atoms with E-state index in [9.17, 15) is 4.79 Å². The lowest BCUT2D eigenvalue weighted by molar-refractivity contribution is -0.122. The van der Waals surface area contributed by atoms with Gasteiger partial charge in [-0.2, -0.15) is 0 Å². The maximum atomic E-state index is 11.8. The highest BCUT2D eigenvalue weighted by Gasteiger charge is 2.07. The summed E-state index contributed by atoms with van der Waals surface area (Å²) in [6.07, 6.45) is 1.87. The number of carbonyl (C=O) groups excluding carboxylic acids is 1. The number of hydrogen-bond donors (Lipinski definition) is 1. The molecule has 0 fully saturated rings. The zero-order valence-corrected chi connectivity index (χ0v) is 16.0. The van der Waals surface area contributed by atoms with Gasteiger partial charge in [0.05, 0.1) is 13.2 Å². The Hall–Kier alpha value is -1.55. The molecule has 24 heavy (non-hydrogen) atoms. The van der Waals surface area contributed by atoms with Crippen LogP contribution in [0.15, 0.2) is 24.3 Å². The molecule has 0 aliphatic rings. The number of likely N-dealkylation sites (N-methyl/N-ethyl adjacent to an activating group) is 1. The standard InChI is InChI=1S/C20H34N2O2/c1-16(2)14-22(5)15-20(23)21-12-6-7-13-24-19-10-8-18(9-11-19)17(3)4/h8-11,16-17H,6-7,12-15H2,1-5H3,(H,21,23). The van der Waals surface area contributed by atoms with E-state index in [0.29, 0.717) is 31.5 Å². The highest BCUT2D eigenvalue weighted by atomic mass is 16.5. The average Bonchev–Trinajstić information content (AvgIpc) is 2.50. The Morgan fingerprint density at radius 2 is 1.79 bits per heavy atom. The van der Waals surface area contributed by atoms with E-state index in [1.54, 1.807) is 0 Å². The lowest BCUT2D eigenvalue weighted by Gasteiger charge is -2.18. The van der Waals surface area contributed by atoms with Gasteiger partial charge in [0.1, 0.15) is 5.75 Å². The van der Waals surface area contributed by atoms with Crippen molar-refractivity contribution in [2.75, 3.05) is 33.3 Å². The Kier molecular flexibility index (Phi) is 9.46. The van der Waals surface area contributed by atoms with Gasteiger partial charge >= 0.3 is 0 Å². The summed E-state index contributed by atoms with van der Waals surface area (Å²) in [6.45, 7) is 11.5. The van der Waals surface area contributed by atoms with E-state index in [4.69, 9.17) is 4.74 Å². The van der Waals surface area contributed by atoms with E-state index in [-0.39, 0.29) is 5.91 Å². The lowest BCUT2D eigenvalue weighted by Crippen LogP contribution is -2.37. The van der Waals surface area contributed by atoms with Crippen LogP contribution < -0.4 is 10.1 Å². The van der Waals surface area contributed by atoms with Gasteiger partial charge < -0.3 is 10.1 Å². The van der Waals surface area contributed by atoms with Gasteiger partial charge in [-0.05, 0) is 49.4 Å². The van der Waals surface area contributed by atoms with E-state index in [0.717, 1.165) is 25.1 Å². The fraction of sp³-hybridized carbons (Fsp3) is 0.650. The van der Waals surface area contributed by atoms with Crippen molar-refractivity contribution >= 4 is 5.91 Å². The molecule has 1 rings (SSSR count). The summed E-state index contributed by atoms with van der Waals surface area (Å²) in [7, 11) is 1.98. The van der Waals surface area contributed by atoms with Crippen molar-refractivity contribution < 1.29 is 9.53 Å². The molecule has 0 bridgehead atoms. The first-order valence-corrected chi connectivity index (χ1v) is 9.06. The first-order chi connectivity index (χ1) is 11.4. The molecule has 0 saturated heterocycles. The molecule has 0 aliphatic carbocycles. The second kappa shape index (κ2) is 11.1. The Bertz CT molecular complexity index is 469. The predicted octanol–water partition coefficient (Wildman–Crippen LogP) is 3.67. The maximum Gasteiger partial charge on any atom is 0.234 e. The number of amides is 1. The number of unbranched alkanes of at least 4 members (excludes halogenated alkanes) is 1. The largest absolute Gasteiger partial charge is 0.494 e. The predicted molar refractivity (Wildman–Crippen MR) is 101 cm³/mol. The van der Waals surface area contributed by atoms with Crippen LogP contribution in [0.25, 0.3) is 0 Å². The molecule has 0 atom stereocenters. The van der Waals surface area contributed by atoms with E-state index in [2.05, 4.69) is 50.0 Å². The summed E-state index contributed by atoms with van der Waals surface area (Å²) in [4.78, 5) is 13.9. The van der Waals surface area contributed by atoms with E-state index in [1.165, 1.54) is 5.56 Å². The van der Waals surface area contributed by atoms with Crippen molar-refractivity contribution in [3.63, 3.8) is 0 Å². The van der Waals surface area contributed by atoms with E-state index in [1.807, 2.05) is 19.2 Å². The minimum Gasteiger partial charge on any atom is -0.494 e. The topological polar surface area (TPSA) is 41.6 Å². The number of ether oxygens (including phenoxy) is 1. The van der Waals surface area contributed by atoms with Crippen molar-refractivity contribution in [1.82, 2.24) is 10.2 Å². The summed E-state index contributed by atoms with van der Waals surface area (Å²) in [5.74, 6) is 2.14. The molecular weight excluding hydrogens is 300 g/mol. The quantitative estimate of drug-likeness (QED) is 0.628. The summed E-state index contributed by atoms with van der Waals surface area (Å²) in [6, 6.07) is 8.30. The molecule has 1 amide bonds. The molecule has 4 heteroatoms. The van der Waals surface area contributed by atoms with Gasteiger partial charge in [0.15, 0.2) is 0 Å². The Morgan fingerprint density at radius 3 is 2.38 bits per heavy atom. The third-order valence-corrected chi connectivity index (χ3v) is 3.80. The summed E-state index contributed by atoms with van der Waals surface area (Å²) in [5, 5.41) is 2.97.